The minimum absolute atomic E-state index is 0.0896. The zero-order valence-electron chi connectivity index (χ0n) is 17.8. The Labute approximate surface area is 202 Å². The Hall–Kier alpha value is -3.78. The normalized spacial score (nSPS) is 17.1. The Kier molecular flexibility index (Phi) is 6.34. The van der Waals surface area contributed by atoms with Gasteiger partial charge in [0.25, 0.3) is 0 Å². The lowest BCUT2D eigenvalue weighted by Gasteiger charge is -2.24. The van der Waals surface area contributed by atoms with Crippen LogP contribution < -0.4 is 0 Å². The van der Waals surface area contributed by atoms with Crippen molar-refractivity contribution in [3.05, 3.63) is 106 Å². The third-order valence-corrected chi connectivity index (χ3v) is 6.01. The topological polar surface area (TPSA) is 66.7 Å². The molecule has 1 atom stereocenters. The molecule has 0 amide bonds. The fourth-order valence-electron chi connectivity index (χ4n) is 3.86. The number of rotatable bonds is 6. The lowest BCUT2D eigenvalue weighted by molar-refractivity contribution is -0.137. The summed E-state index contributed by atoms with van der Waals surface area (Å²) < 4.78 is 53.4. The number of carboxylic acid groups (broad SMARTS) is 1. The van der Waals surface area contributed by atoms with Crippen LogP contribution in [-0.4, -0.2) is 28.6 Å². The average Bonchev–Trinajstić information content (AvgIpc) is 3.29. The number of nitrogens with zero attached hydrogens (tertiary/aromatic N) is 1. The summed E-state index contributed by atoms with van der Waals surface area (Å²) in [5.74, 6) is -3.21. The maximum atomic E-state index is 14.6. The first-order valence-corrected chi connectivity index (χ1v) is 10.6. The molecule has 0 saturated heterocycles. The standard InChI is InChI=1S/C26H16ClF4NO3/c27-21-8-5-16(15-3-1-4-17(11-15)24(34)35)12-18(21)14-25(9-2-10-32-25)23(33)20-7-6-19(13-22(20)28)26(29,30)31/h1-13H,14H2,(H,34,35). The van der Waals surface area contributed by atoms with Crippen molar-refractivity contribution >= 4 is 29.6 Å². The van der Waals surface area contributed by atoms with E-state index in [0.717, 1.165) is 6.07 Å². The second kappa shape index (κ2) is 9.11. The lowest BCUT2D eigenvalue weighted by Crippen LogP contribution is -2.36. The molecule has 9 heteroatoms. The molecule has 1 N–H and O–H groups in total. The van der Waals surface area contributed by atoms with Gasteiger partial charge in [-0.2, -0.15) is 13.2 Å². The molecule has 0 fully saturated rings. The number of carbonyl (C=O) groups excluding carboxylic acids is 1. The molecule has 3 aromatic carbocycles. The molecule has 0 bridgehead atoms. The van der Waals surface area contributed by atoms with Crippen LogP contribution in [0.2, 0.25) is 5.02 Å². The van der Waals surface area contributed by atoms with E-state index in [0.29, 0.717) is 27.8 Å². The van der Waals surface area contributed by atoms with Crippen LogP contribution in [0.4, 0.5) is 17.6 Å². The molecular weight excluding hydrogens is 486 g/mol. The van der Waals surface area contributed by atoms with E-state index in [-0.39, 0.29) is 18.1 Å². The highest BCUT2D eigenvalue weighted by atomic mass is 35.5. The number of alkyl halides is 3. The Morgan fingerprint density at radius 1 is 1.00 bits per heavy atom. The van der Waals surface area contributed by atoms with Crippen LogP contribution in [-0.2, 0) is 12.6 Å². The minimum Gasteiger partial charge on any atom is -0.478 e. The molecular formula is C26H16ClF4NO3. The van der Waals surface area contributed by atoms with Crippen LogP contribution in [0.3, 0.4) is 0 Å². The second-order valence-corrected chi connectivity index (χ2v) is 8.36. The van der Waals surface area contributed by atoms with Gasteiger partial charge in [-0.25, -0.2) is 9.18 Å². The van der Waals surface area contributed by atoms with Crippen molar-refractivity contribution in [1.82, 2.24) is 0 Å². The van der Waals surface area contributed by atoms with Gasteiger partial charge in [0.1, 0.15) is 11.4 Å². The quantitative estimate of drug-likeness (QED) is 0.303. The van der Waals surface area contributed by atoms with Gasteiger partial charge in [0, 0.05) is 17.7 Å². The smallest absolute Gasteiger partial charge is 0.416 e. The highest BCUT2D eigenvalue weighted by Crippen LogP contribution is 2.35. The molecule has 0 aliphatic carbocycles. The number of aromatic carboxylic acids is 1. The maximum absolute atomic E-state index is 14.6. The van der Waals surface area contributed by atoms with Gasteiger partial charge in [-0.05, 0) is 71.3 Å². The first kappa shape index (κ1) is 24.3. The number of hydrogen-bond acceptors (Lipinski definition) is 3. The van der Waals surface area contributed by atoms with Crippen molar-refractivity contribution < 1.29 is 32.3 Å². The van der Waals surface area contributed by atoms with Crippen molar-refractivity contribution in [2.45, 2.75) is 18.1 Å². The first-order chi connectivity index (χ1) is 16.5. The number of halogens is 5. The highest BCUT2D eigenvalue weighted by molar-refractivity contribution is 6.31. The number of carbonyl (C=O) groups is 2. The highest BCUT2D eigenvalue weighted by Gasteiger charge is 2.40. The number of ketones is 1. The van der Waals surface area contributed by atoms with Gasteiger partial charge in [0.15, 0.2) is 5.78 Å². The number of aliphatic imine (C=N–C) groups is 1. The van der Waals surface area contributed by atoms with Crippen LogP contribution in [0.1, 0.15) is 31.8 Å². The molecule has 35 heavy (non-hydrogen) atoms. The molecule has 0 aromatic heterocycles. The van der Waals surface area contributed by atoms with E-state index in [1.807, 2.05) is 0 Å². The molecule has 1 aliphatic rings. The van der Waals surface area contributed by atoms with Gasteiger partial charge in [-0.3, -0.25) is 9.79 Å². The van der Waals surface area contributed by atoms with Crippen molar-refractivity contribution in [2.75, 3.05) is 0 Å². The number of Topliss-reactive ketones (excluding diaryl/α,β-unsaturated/α-hetero) is 1. The predicted molar refractivity (Wildman–Crippen MR) is 124 cm³/mol. The van der Waals surface area contributed by atoms with Crippen LogP contribution in [0, 0.1) is 5.82 Å². The van der Waals surface area contributed by atoms with Crippen LogP contribution in [0.5, 0.6) is 0 Å². The Bertz CT molecular complexity index is 1380. The number of hydrogen-bond donors (Lipinski definition) is 1. The van der Waals surface area contributed by atoms with Crippen molar-refractivity contribution in [3.8, 4) is 11.1 Å². The number of benzene rings is 3. The monoisotopic (exact) mass is 501 g/mol. The molecule has 1 unspecified atom stereocenters. The largest absolute Gasteiger partial charge is 0.478 e. The van der Waals surface area contributed by atoms with Crippen LogP contribution in [0.15, 0.2) is 77.8 Å². The molecule has 4 nitrogen and oxygen atoms in total. The zero-order valence-corrected chi connectivity index (χ0v) is 18.6. The zero-order chi connectivity index (χ0) is 25.4. The van der Waals surface area contributed by atoms with E-state index in [1.54, 1.807) is 30.3 Å². The Morgan fingerprint density at radius 3 is 2.37 bits per heavy atom. The summed E-state index contributed by atoms with van der Waals surface area (Å²) in [5.41, 5.74) is -1.55. The molecule has 3 aromatic rings. The van der Waals surface area contributed by atoms with E-state index in [1.165, 1.54) is 30.5 Å². The molecule has 0 radical (unpaired) electrons. The minimum atomic E-state index is -4.75. The molecule has 0 saturated carbocycles. The predicted octanol–water partition coefficient (Wildman–Crippen LogP) is 6.67. The summed E-state index contributed by atoms with van der Waals surface area (Å²) in [4.78, 5) is 28.9. The van der Waals surface area contributed by atoms with E-state index < -0.39 is 40.4 Å². The summed E-state index contributed by atoms with van der Waals surface area (Å²) in [6, 6.07) is 12.9. The summed E-state index contributed by atoms with van der Waals surface area (Å²) in [6.07, 6.45) is -0.551. The number of allylic oxidation sites excluding steroid dienone is 1. The van der Waals surface area contributed by atoms with Gasteiger partial charge in [0.05, 0.1) is 16.7 Å². The van der Waals surface area contributed by atoms with E-state index in [9.17, 15) is 32.3 Å². The fourth-order valence-corrected chi connectivity index (χ4v) is 4.05. The molecule has 4 rings (SSSR count). The van der Waals surface area contributed by atoms with Gasteiger partial charge < -0.3 is 5.11 Å². The molecule has 0 spiro atoms. The average molecular weight is 502 g/mol. The van der Waals surface area contributed by atoms with Gasteiger partial charge >= 0.3 is 12.1 Å². The summed E-state index contributed by atoms with van der Waals surface area (Å²) in [5, 5.41) is 9.55. The van der Waals surface area contributed by atoms with Gasteiger partial charge in [-0.15, -0.1) is 0 Å². The SMILES string of the molecule is O=C(O)c1cccc(-c2ccc(Cl)c(CC3(C(=O)c4ccc(C(F)(F)F)cc4F)C=CC=N3)c2)c1. The lowest BCUT2D eigenvalue weighted by atomic mass is 9.83. The molecule has 1 heterocycles. The van der Waals surface area contributed by atoms with Crippen molar-refractivity contribution in [2.24, 2.45) is 4.99 Å². The Morgan fingerprint density at radius 2 is 1.74 bits per heavy atom. The second-order valence-electron chi connectivity index (χ2n) is 7.95. The summed E-state index contributed by atoms with van der Waals surface area (Å²) >= 11 is 6.38. The van der Waals surface area contributed by atoms with E-state index in [4.69, 9.17) is 11.6 Å². The van der Waals surface area contributed by atoms with Gasteiger partial charge in [0.2, 0.25) is 0 Å². The maximum Gasteiger partial charge on any atom is 0.416 e. The third-order valence-electron chi connectivity index (χ3n) is 5.65. The summed E-state index contributed by atoms with van der Waals surface area (Å²) in [6.45, 7) is 0. The van der Waals surface area contributed by atoms with Crippen molar-refractivity contribution in [3.63, 3.8) is 0 Å². The van der Waals surface area contributed by atoms with Crippen LogP contribution in [0.25, 0.3) is 11.1 Å². The summed E-state index contributed by atoms with van der Waals surface area (Å²) in [7, 11) is 0. The van der Waals surface area contributed by atoms with Gasteiger partial charge in [-0.1, -0.05) is 29.8 Å². The fraction of sp³-hybridized carbons (Fsp3) is 0.115. The first-order valence-electron chi connectivity index (χ1n) is 10.3. The Balaban J connectivity index is 1.71. The molecule has 1 aliphatic heterocycles. The third kappa shape index (κ3) is 4.88. The molecule has 178 valence electrons. The van der Waals surface area contributed by atoms with Crippen molar-refractivity contribution in [1.29, 1.82) is 0 Å². The number of carboxylic acids is 1. The van der Waals surface area contributed by atoms with E-state index >= 15 is 0 Å². The van der Waals surface area contributed by atoms with Crippen LogP contribution >= 0.6 is 11.6 Å². The van der Waals surface area contributed by atoms with E-state index in [2.05, 4.69) is 4.99 Å².